The van der Waals surface area contributed by atoms with Crippen LogP contribution in [0.25, 0.3) is 17.3 Å². The zero-order valence-electron chi connectivity index (χ0n) is 21.7. The lowest BCUT2D eigenvalue weighted by Crippen LogP contribution is -2.38. The van der Waals surface area contributed by atoms with Crippen molar-refractivity contribution in [2.45, 2.75) is 39.4 Å². The van der Waals surface area contributed by atoms with E-state index in [0.29, 0.717) is 54.2 Å². The second-order valence-corrected chi connectivity index (χ2v) is 10.6. The first-order valence-electron chi connectivity index (χ1n) is 12.6. The number of aryl methyl sites for hydroxylation is 2. The molecular weight excluding hydrogens is 547 g/mol. The summed E-state index contributed by atoms with van der Waals surface area (Å²) in [6.07, 6.45) is 0.351. The summed E-state index contributed by atoms with van der Waals surface area (Å²) in [7, 11) is 0. The molecule has 0 aromatic carbocycles. The van der Waals surface area contributed by atoms with Crippen molar-refractivity contribution in [2.24, 2.45) is 5.92 Å². The number of nitrogens with one attached hydrogen (secondary N) is 2. The van der Waals surface area contributed by atoms with Gasteiger partial charge in [-0.1, -0.05) is 5.16 Å². The maximum atomic E-state index is 13.6. The minimum atomic E-state index is -4.51. The van der Waals surface area contributed by atoms with Gasteiger partial charge in [0.05, 0.1) is 38.8 Å². The monoisotopic (exact) mass is 573 g/mol. The zero-order valence-corrected chi connectivity index (χ0v) is 22.5. The van der Waals surface area contributed by atoms with Crippen LogP contribution in [0.4, 0.5) is 23.9 Å². The predicted molar refractivity (Wildman–Crippen MR) is 142 cm³/mol. The Balaban J connectivity index is 1.18. The Labute approximate surface area is 231 Å². The molecule has 5 rings (SSSR count). The van der Waals surface area contributed by atoms with Crippen molar-refractivity contribution >= 4 is 34.9 Å². The summed E-state index contributed by atoms with van der Waals surface area (Å²) in [5.74, 6) is 0.831. The molecule has 40 heavy (non-hydrogen) atoms. The van der Waals surface area contributed by atoms with E-state index in [9.17, 15) is 22.8 Å². The molecule has 2 fully saturated rings. The summed E-state index contributed by atoms with van der Waals surface area (Å²) >= 11 is 0.833. The lowest BCUT2D eigenvalue weighted by atomic mass is 9.97. The van der Waals surface area contributed by atoms with Crippen LogP contribution in [-0.2, 0) is 17.5 Å². The van der Waals surface area contributed by atoms with Crippen molar-refractivity contribution in [1.82, 2.24) is 30.7 Å². The molecular formula is C26H26F3N7O3S. The van der Waals surface area contributed by atoms with E-state index in [1.165, 1.54) is 0 Å². The number of imide groups is 1. The van der Waals surface area contributed by atoms with E-state index in [1.807, 2.05) is 0 Å². The maximum Gasteiger partial charge on any atom is 0.416 e. The Hall–Kier alpha value is -3.78. The minimum Gasteiger partial charge on any atom is -0.361 e. The molecule has 3 aromatic rings. The fraction of sp³-hybridized carbons (Fsp3) is 0.385. The number of nitrogens with zero attached hydrogens (tertiary/aromatic N) is 5. The third-order valence-electron chi connectivity index (χ3n) is 6.72. The molecule has 2 N–H and O–H groups in total. The number of pyridine rings is 1. The molecule has 5 heterocycles. The van der Waals surface area contributed by atoms with E-state index >= 15 is 0 Å². The van der Waals surface area contributed by atoms with Gasteiger partial charge in [0.25, 0.3) is 11.1 Å². The van der Waals surface area contributed by atoms with Crippen molar-refractivity contribution in [3.8, 4) is 11.3 Å². The SMILES string of the molecule is Cc1noc(C)c1-c1cc(C(F)(F)F)cc(CNCC2CCN(c3nccc(C=C4SC(=O)NC4=O)n3)CC2)n1. The molecule has 0 bridgehead atoms. The van der Waals surface area contributed by atoms with Crippen LogP contribution in [0.5, 0.6) is 0 Å². The van der Waals surface area contributed by atoms with Crippen LogP contribution in [-0.4, -0.2) is 50.9 Å². The number of anilines is 1. The Morgan fingerprint density at radius 1 is 1.20 bits per heavy atom. The normalized spacial score (nSPS) is 17.6. The Morgan fingerprint density at radius 3 is 2.62 bits per heavy atom. The van der Waals surface area contributed by atoms with E-state index in [4.69, 9.17) is 4.52 Å². The van der Waals surface area contributed by atoms with Crippen LogP contribution in [0.15, 0.2) is 33.8 Å². The van der Waals surface area contributed by atoms with Gasteiger partial charge in [0, 0.05) is 25.8 Å². The van der Waals surface area contributed by atoms with E-state index in [-0.39, 0.29) is 22.8 Å². The van der Waals surface area contributed by atoms with Crippen molar-refractivity contribution in [3.05, 3.63) is 57.7 Å². The molecule has 0 unspecified atom stereocenters. The number of alkyl halides is 3. The maximum absolute atomic E-state index is 13.6. The van der Waals surface area contributed by atoms with Crippen molar-refractivity contribution in [2.75, 3.05) is 24.5 Å². The molecule has 0 spiro atoms. The summed E-state index contributed by atoms with van der Waals surface area (Å²) in [6.45, 7) is 5.55. The first kappa shape index (κ1) is 27.8. The number of piperidine rings is 1. The molecule has 2 aliphatic heterocycles. The summed E-state index contributed by atoms with van der Waals surface area (Å²) in [6, 6.07) is 3.77. The fourth-order valence-electron chi connectivity index (χ4n) is 4.71. The van der Waals surface area contributed by atoms with Crippen LogP contribution >= 0.6 is 11.8 Å². The number of rotatable bonds is 7. The second kappa shape index (κ2) is 11.4. The van der Waals surface area contributed by atoms with Gasteiger partial charge < -0.3 is 14.7 Å². The fourth-order valence-corrected chi connectivity index (χ4v) is 5.38. The van der Waals surface area contributed by atoms with Crippen LogP contribution in [0, 0.1) is 19.8 Å². The van der Waals surface area contributed by atoms with Crippen LogP contribution in [0.1, 0.15) is 41.2 Å². The Bertz CT molecular complexity index is 1450. The third kappa shape index (κ3) is 6.33. The molecule has 3 aromatic heterocycles. The van der Waals surface area contributed by atoms with E-state index in [2.05, 4.69) is 35.6 Å². The van der Waals surface area contributed by atoms with E-state index in [0.717, 1.165) is 36.7 Å². The number of hydrogen-bond acceptors (Lipinski definition) is 10. The number of halogens is 3. The molecule has 0 atom stereocenters. The average Bonchev–Trinajstić information content (AvgIpc) is 3.42. The molecule has 0 saturated carbocycles. The molecule has 2 saturated heterocycles. The molecule has 0 radical (unpaired) electrons. The standard InChI is InChI=1S/C26H26F3N7O3S/c1-14-22(15(2)39-35-14)20-10-17(26(27,28)29)9-19(32-20)13-30-12-16-4-7-36(8-5-16)24-31-6-3-18(33-24)11-21-23(37)34-25(38)40-21/h3,6,9-11,16,30H,4-5,7-8,12-13H2,1-2H3,(H,34,37,38). The summed E-state index contributed by atoms with van der Waals surface area (Å²) < 4.78 is 45.9. The van der Waals surface area contributed by atoms with Gasteiger partial charge in [-0.3, -0.25) is 19.9 Å². The minimum absolute atomic E-state index is 0.188. The average molecular weight is 574 g/mol. The highest BCUT2D eigenvalue weighted by Gasteiger charge is 2.32. The molecule has 210 valence electrons. The molecule has 0 aliphatic carbocycles. The number of carbonyl (C=O) groups excluding carboxylic acids is 2. The van der Waals surface area contributed by atoms with Crippen molar-refractivity contribution in [1.29, 1.82) is 0 Å². The summed E-state index contributed by atoms with van der Waals surface area (Å²) in [5, 5.41) is 8.92. The van der Waals surface area contributed by atoms with Crippen LogP contribution in [0.2, 0.25) is 0 Å². The molecule has 2 amide bonds. The molecule has 2 aliphatic rings. The van der Waals surface area contributed by atoms with Gasteiger partial charge in [0.15, 0.2) is 0 Å². The van der Waals surface area contributed by atoms with Gasteiger partial charge in [-0.05, 0) is 75.2 Å². The lowest BCUT2D eigenvalue weighted by Gasteiger charge is -2.32. The molecule has 10 nitrogen and oxygen atoms in total. The number of aromatic nitrogens is 4. The van der Waals surface area contributed by atoms with E-state index < -0.39 is 22.9 Å². The van der Waals surface area contributed by atoms with Gasteiger partial charge in [-0.15, -0.1) is 0 Å². The van der Waals surface area contributed by atoms with Crippen molar-refractivity contribution < 1.29 is 27.3 Å². The highest BCUT2D eigenvalue weighted by molar-refractivity contribution is 8.18. The Kier molecular flexibility index (Phi) is 7.90. The van der Waals surface area contributed by atoms with Gasteiger partial charge in [0.1, 0.15) is 5.76 Å². The Morgan fingerprint density at radius 2 is 1.98 bits per heavy atom. The van der Waals surface area contributed by atoms with Crippen LogP contribution < -0.4 is 15.5 Å². The first-order valence-corrected chi connectivity index (χ1v) is 13.4. The number of hydrogen-bond donors (Lipinski definition) is 2. The van der Waals surface area contributed by atoms with Crippen LogP contribution in [0.3, 0.4) is 0 Å². The number of thioether (sulfide) groups is 1. The number of carbonyl (C=O) groups is 2. The summed E-state index contributed by atoms with van der Waals surface area (Å²) in [5.41, 5.74) is 1.20. The predicted octanol–water partition coefficient (Wildman–Crippen LogP) is 4.49. The quantitative estimate of drug-likeness (QED) is 0.391. The second-order valence-electron chi connectivity index (χ2n) is 9.62. The van der Waals surface area contributed by atoms with E-state index in [1.54, 1.807) is 32.2 Å². The lowest BCUT2D eigenvalue weighted by molar-refractivity contribution is -0.137. The summed E-state index contributed by atoms with van der Waals surface area (Å²) in [4.78, 5) is 38.9. The molecule has 14 heteroatoms. The topological polar surface area (TPSA) is 126 Å². The zero-order chi connectivity index (χ0) is 28.4. The van der Waals surface area contributed by atoms with Crippen molar-refractivity contribution in [3.63, 3.8) is 0 Å². The van der Waals surface area contributed by atoms with Gasteiger partial charge in [-0.25, -0.2) is 9.97 Å². The number of amides is 2. The van der Waals surface area contributed by atoms with Gasteiger partial charge in [0.2, 0.25) is 5.95 Å². The largest absolute Gasteiger partial charge is 0.416 e. The van der Waals surface area contributed by atoms with Gasteiger partial charge in [-0.2, -0.15) is 13.2 Å². The first-order chi connectivity index (χ1) is 19.1. The smallest absolute Gasteiger partial charge is 0.361 e. The van der Waals surface area contributed by atoms with Gasteiger partial charge >= 0.3 is 6.18 Å². The highest BCUT2D eigenvalue weighted by Crippen LogP contribution is 2.34. The third-order valence-corrected chi connectivity index (χ3v) is 7.53. The highest BCUT2D eigenvalue weighted by atomic mass is 32.2.